The molecule has 112 valence electrons. The molecule has 0 aromatic carbocycles. The molecule has 0 N–H and O–H groups in total. The topological polar surface area (TPSA) is 12.9 Å². The molecule has 0 aliphatic heterocycles. The molecule has 0 saturated heterocycles. The standard InChI is InChI=1S/C16H16F3NS/c17-16(18,19)12-6-4-5-11(9-10-12)15-20-13-7-2-1-3-8-14(13)21-15/h5-6,9-10H,1-4,7-8H2. The second-order valence-corrected chi connectivity index (χ2v) is 6.42. The van der Waals surface area contributed by atoms with Gasteiger partial charge in [0.25, 0.3) is 0 Å². The fourth-order valence-electron chi connectivity index (χ4n) is 2.65. The van der Waals surface area contributed by atoms with Crippen molar-refractivity contribution in [2.75, 3.05) is 0 Å². The van der Waals surface area contributed by atoms with Gasteiger partial charge in [0, 0.05) is 10.5 Å². The van der Waals surface area contributed by atoms with Crippen molar-refractivity contribution in [2.24, 2.45) is 0 Å². The van der Waals surface area contributed by atoms with Gasteiger partial charge in [-0.2, -0.15) is 13.2 Å². The van der Waals surface area contributed by atoms with Crippen molar-refractivity contribution >= 4 is 16.9 Å². The Balaban J connectivity index is 1.84. The van der Waals surface area contributed by atoms with Crippen molar-refractivity contribution in [1.29, 1.82) is 0 Å². The van der Waals surface area contributed by atoms with Crippen molar-refractivity contribution in [1.82, 2.24) is 4.98 Å². The van der Waals surface area contributed by atoms with Gasteiger partial charge >= 0.3 is 6.18 Å². The number of nitrogens with zero attached hydrogens (tertiary/aromatic N) is 1. The van der Waals surface area contributed by atoms with Crippen LogP contribution in [0.2, 0.25) is 0 Å². The summed E-state index contributed by atoms with van der Waals surface area (Å²) in [6.45, 7) is 0. The highest BCUT2D eigenvalue weighted by molar-refractivity contribution is 7.12. The van der Waals surface area contributed by atoms with Gasteiger partial charge in [0.2, 0.25) is 0 Å². The van der Waals surface area contributed by atoms with Gasteiger partial charge in [0.15, 0.2) is 0 Å². The van der Waals surface area contributed by atoms with E-state index in [0.29, 0.717) is 6.42 Å². The predicted octanol–water partition coefficient (Wildman–Crippen LogP) is 5.24. The molecule has 0 saturated carbocycles. The van der Waals surface area contributed by atoms with Gasteiger partial charge in [-0.3, -0.25) is 0 Å². The number of hydrogen-bond acceptors (Lipinski definition) is 2. The number of thiazole rings is 1. The number of aromatic nitrogens is 1. The van der Waals surface area contributed by atoms with Crippen LogP contribution in [0.3, 0.4) is 0 Å². The maximum Gasteiger partial charge on any atom is 0.416 e. The third-order valence-corrected chi connectivity index (χ3v) is 4.99. The predicted molar refractivity (Wildman–Crippen MR) is 79.2 cm³/mol. The smallest absolute Gasteiger partial charge is 0.241 e. The summed E-state index contributed by atoms with van der Waals surface area (Å²) in [5, 5.41) is 0.856. The first-order valence-corrected chi connectivity index (χ1v) is 8.00. The van der Waals surface area contributed by atoms with Crippen LogP contribution >= 0.6 is 11.3 Å². The van der Waals surface area contributed by atoms with Crippen LogP contribution in [0.4, 0.5) is 13.2 Å². The maximum atomic E-state index is 12.7. The van der Waals surface area contributed by atoms with Crippen LogP contribution in [0.25, 0.3) is 5.57 Å². The molecule has 5 heteroatoms. The van der Waals surface area contributed by atoms with Crippen molar-refractivity contribution in [3.05, 3.63) is 45.5 Å². The van der Waals surface area contributed by atoms with Gasteiger partial charge in [-0.05, 0) is 38.2 Å². The molecule has 0 amide bonds. The molecule has 1 nitrogen and oxygen atoms in total. The second-order valence-electron chi connectivity index (χ2n) is 5.34. The molecular formula is C16H16F3NS. The van der Waals surface area contributed by atoms with Gasteiger partial charge in [-0.25, -0.2) is 4.98 Å². The van der Waals surface area contributed by atoms with Gasteiger partial charge in [0.1, 0.15) is 5.01 Å². The van der Waals surface area contributed by atoms with Crippen molar-refractivity contribution in [3.8, 4) is 0 Å². The Kier molecular flexibility index (Phi) is 4.02. The van der Waals surface area contributed by atoms with Crippen molar-refractivity contribution in [2.45, 2.75) is 44.7 Å². The Labute approximate surface area is 125 Å². The van der Waals surface area contributed by atoms with Crippen LogP contribution in [-0.4, -0.2) is 11.2 Å². The molecule has 0 spiro atoms. The summed E-state index contributed by atoms with van der Waals surface area (Å²) in [6, 6.07) is 0. The Morgan fingerprint density at radius 3 is 2.62 bits per heavy atom. The number of hydrogen-bond donors (Lipinski definition) is 0. The number of alkyl halides is 3. The quantitative estimate of drug-likeness (QED) is 0.646. The first-order valence-electron chi connectivity index (χ1n) is 7.18. The van der Waals surface area contributed by atoms with Crippen molar-refractivity contribution < 1.29 is 13.2 Å². The number of allylic oxidation sites excluding steroid dienone is 6. The minimum atomic E-state index is -4.28. The Bertz CT molecular complexity index is 596. The average molecular weight is 311 g/mol. The van der Waals surface area contributed by atoms with E-state index < -0.39 is 11.7 Å². The molecule has 0 radical (unpaired) electrons. The van der Waals surface area contributed by atoms with Crippen LogP contribution in [-0.2, 0) is 12.8 Å². The average Bonchev–Trinajstić information content (AvgIpc) is 2.63. The zero-order chi connectivity index (χ0) is 14.9. The molecule has 3 rings (SSSR count). The zero-order valence-electron chi connectivity index (χ0n) is 11.5. The third kappa shape index (κ3) is 3.28. The summed E-state index contributed by atoms with van der Waals surface area (Å²) < 4.78 is 38.2. The molecule has 2 aliphatic rings. The van der Waals surface area contributed by atoms with Gasteiger partial charge in [0.05, 0.1) is 11.3 Å². The fraction of sp³-hybridized carbons (Fsp3) is 0.438. The molecule has 0 unspecified atom stereocenters. The molecule has 1 heterocycles. The third-order valence-electron chi connectivity index (χ3n) is 3.79. The largest absolute Gasteiger partial charge is 0.416 e. The number of aryl methyl sites for hydroxylation is 2. The van der Waals surface area contributed by atoms with Crippen LogP contribution in [0, 0.1) is 0 Å². The van der Waals surface area contributed by atoms with Gasteiger partial charge in [-0.1, -0.05) is 24.6 Å². The van der Waals surface area contributed by atoms with E-state index in [-0.39, 0.29) is 0 Å². The van der Waals surface area contributed by atoms with Gasteiger partial charge in [-0.15, -0.1) is 11.3 Å². The van der Waals surface area contributed by atoms with Gasteiger partial charge < -0.3 is 0 Å². The number of fused-ring (bicyclic) bond motifs is 1. The summed E-state index contributed by atoms with van der Waals surface area (Å²) in [4.78, 5) is 5.97. The summed E-state index contributed by atoms with van der Waals surface area (Å²) >= 11 is 1.64. The first-order chi connectivity index (χ1) is 10.0. The Morgan fingerprint density at radius 2 is 1.81 bits per heavy atom. The lowest BCUT2D eigenvalue weighted by molar-refractivity contribution is -0.0883. The van der Waals surface area contributed by atoms with Crippen LogP contribution in [0.5, 0.6) is 0 Å². The highest BCUT2D eigenvalue weighted by Crippen LogP contribution is 2.34. The molecular weight excluding hydrogens is 295 g/mol. The maximum absolute atomic E-state index is 12.7. The molecule has 2 aliphatic carbocycles. The summed E-state index contributed by atoms with van der Waals surface area (Å²) in [7, 11) is 0. The highest BCUT2D eigenvalue weighted by atomic mass is 32.1. The lowest BCUT2D eigenvalue weighted by Gasteiger charge is -2.05. The van der Waals surface area contributed by atoms with E-state index in [0.717, 1.165) is 41.6 Å². The second kappa shape index (κ2) is 5.79. The molecule has 21 heavy (non-hydrogen) atoms. The Morgan fingerprint density at radius 1 is 1.00 bits per heavy atom. The van der Waals surface area contributed by atoms with E-state index in [1.54, 1.807) is 17.4 Å². The van der Waals surface area contributed by atoms with Crippen molar-refractivity contribution in [3.63, 3.8) is 0 Å². The first kappa shape index (κ1) is 14.6. The molecule has 0 fully saturated rings. The molecule has 1 aromatic heterocycles. The monoisotopic (exact) mass is 311 g/mol. The van der Waals surface area contributed by atoms with E-state index in [1.165, 1.54) is 23.8 Å². The number of rotatable bonds is 1. The molecule has 1 aromatic rings. The number of halogens is 3. The minimum absolute atomic E-state index is 0.293. The SMILES string of the molecule is FC(F)(F)C1=CCC=C(c2nc3c(s2)CCCCC3)C=C1. The van der Waals surface area contributed by atoms with Crippen LogP contribution in [0.1, 0.15) is 41.3 Å². The highest BCUT2D eigenvalue weighted by Gasteiger charge is 2.31. The molecule has 0 bridgehead atoms. The Hall–Kier alpha value is -1.36. The lowest BCUT2D eigenvalue weighted by atomic mass is 10.2. The minimum Gasteiger partial charge on any atom is -0.241 e. The van der Waals surface area contributed by atoms with E-state index >= 15 is 0 Å². The summed E-state index contributed by atoms with van der Waals surface area (Å²) in [6.07, 6.45) is 7.39. The van der Waals surface area contributed by atoms with Crippen LogP contribution in [0.15, 0.2) is 29.9 Å². The normalized spacial score (nSPS) is 19.4. The molecule has 0 atom stereocenters. The van der Waals surface area contributed by atoms with E-state index in [9.17, 15) is 13.2 Å². The summed E-state index contributed by atoms with van der Waals surface area (Å²) in [5.74, 6) is 0. The summed E-state index contributed by atoms with van der Waals surface area (Å²) in [5.41, 5.74) is 1.38. The lowest BCUT2D eigenvalue weighted by Crippen LogP contribution is -2.09. The van der Waals surface area contributed by atoms with E-state index in [2.05, 4.69) is 4.98 Å². The van der Waals surface area contributed by atoms with Crippen LogP contribution < -0.4 is 0 Å². The van der Waals surface area contributed by atoms with E-state index in [4.69, 9.17) is 0 Å². The zero-order valence-corrected chi connectivity index (χ0v) is 12.4. The van der Waals surface area contributed by atoms with E-state index in [1.807, 2.05) is 6.08 Å². The fourth-order valence-corrected chi connectivity index (χ4v) is 3.82.